The molecule has 0 saturated carbocycles. The number of nitrogen functional groups attached to an aromatic ring is 1. The van der Waals surface area contributed by atoms with Gasteiger partial charge in [-0.2, -0.15) is 4.98 Å². The molecule has 3 N–H and O–H groups in total. The Balaban J connectivity index is 2.50. The van der Waals surface area contributed by atoms with Crippen LogP contribution in [-0.2, 0) is 0 Å². The number of nitrogens with one attached hydrogen (secondary N) is 1. The van der Waals surface area contributed by atoms with Crippen LogP contribution in [0.4, 0.5) is 11.8 Å². The van der Waals surface area contributed by atoms with Crippen LogP contribution in [0.2, 0.25) is 0 Å². The van der Waals surface area contributed by atoms with Crippen LogP contribution >= 0.6 is 33.9 Å². The van der Waals surface area contributed by atoms with Gasteiger partial charge >= 0.3 is 0 Å². The van der Waals surface area contributed by atoms with E-state index >= 15 is 0 Å². The van der Waals surface area contributed by atoms with E-state index in [1.54, 1.807) is 11.3 Å². The second-order valence-electron chi connectivity index (χ2n) is 3.12. The highest BCUT2D eigenvalue weighted by Crippen LogP contribution is 2.30. The van der Waals surface area contributed by atoms with Gasteiger partial charge in [-0.25, -0.2) is 4.98 Å². The lowest BCUT2D eigenvalue weighted by atomic mass is 10.4. The van der Waals surface area contributed by atoms with Crippen molar-refractivity contribution in [2.75, 3.05) is 17.6 Å². The number of hydrogen-bond acceptors (Lipinski definition) is 5. The van der Waals surface area contributed by atoms with Crippen molar-refractivity contribution in [2.45, 2.75) is 13.3 Å². The summed E-state index contributed by atoms with van der Waals surface area (Å²) in [6, 6.07) is 2.02. The zero-order valence-corrected chi connectivity index (χ0v) is 11.2. The van der Waals surface area contributed by atoms with Gasteiger partial charge in [0, 0.05) is 6.54 Å². The lowest BCUT2D eigenvalue weighted by Crippen LogP contribution is -2.04. The zero-order chi connectivity index (χ0) is 10.8. The van der Waals surface area contributed by atoms with E-state index in [0.29, 0.717) is 5.95 Å². The molecule has 15 heavy (non-hydrogen) atoms. The molecule has 0 aliphatic heterocycles. The molecule has 4 nitrogen and oxygen atoms in total. The molecule has 6 heteroatoms. The zero-order valence-electron chi connectivity index (χ0n) is 8.25. The van der Waals surface area contributed by atoms with Crippen molar-refractivity contribution in [3.63, 3.8) is 0 Å². The smallest absolute Gasteiger partial charge is 0.222 e. The van der Waals surface area contributed by atoms with Crippen molar-refractivity contribution in [1.29, 1.82) is 0 Å². The monoisotopic (exact) mass is 334 g/mol. The lowest BCUT2D eigenvalue weighted by Gasteiger charge is -2.04. The molecule has 0 aliphatic carbocycles. The second-order valence-corrected chi connectivity index (χ2v) is 6.07. The predicted molar refractivity (Wildman–Crippen MR) is 73.3 cm³/mol. The molecule has 0 radical (unpaired) electrons. The van der Waals surface area contributed by atoms with Crippen LogP contribution in [0.15, 0.2) is 6.07 Å². The van der Waals surface area contributed by atoms with Gasteiger partial charge in [-0.1, -0.05) is 6.92 Å². The van der Waals surface area contributed by atoms with E-state index in [9.17, 15) is 0 Å². The molecule has 2 aromatic rings. The molecule has 0 amide bonds. The van der Waals surface area contributed by atoms with Gasteiger partial charge < -0.3 is 11.1 Å². The third-order valence-corrected chi connectivity index (χ3v) is 3.79. The predicted octanol–water partition coefficient (Wildman–Crippen LogP) is 2.70. The number of fused-ring (bicyclic) bond motifs is 1. The normalized spacial score (nSPS) is 10.8. The van der Waals surface area contributed by atoms with Gasteiger partial charge in [0.25, 0.3) is 0 Å². The molecule has 0 atom stereocenters. The molecule has 80 valence electrons. The van der Waals surface area contributed by atoms with Crippen LogP contribution < -0.4 is 11.1 Å². The number of hydrogen-bond donors (Lipinski definition) is 2. The number of aromatic nitrogens is 2. The van der Waals surface area contributed by atoms with Crippen LogP contribution in [0, 0.1) is 2.88 Å². The van der Waals surface area contributed by atoms with Crippen LogP contribution in [-0.4, -0.2) is 16.5 Å². The average molecular weight is 334 g/mol. The fourth-order valence-corrected chi connectivity index (χ4v) is 3.03. The summed E-state index contributed by atoms with van der Waals surface area (Å²) >= 11 is 3.96. The summed E-state index contributed by atoms with van der Waals surface area (Å²) in [5, 5.41) is 3.27. The van der Waals surface area contributed by atoms with Gasteiger partial charge in [-0.3, -0.25) is 0 Å². The van der Waals surface area contributed by atoms with Crippen LogP contribution in [0.5, 0.6) is 0 Å². The Morgan fingerprint density at radius 3 is 3.07 bits per heavy atom. The topological polar surface area (TPSA) is 63.8 Å². The van der Waals surface area contributed by atoms with Crippen LogP contribution in [0.3, 0.4) is 0 Å². The Labute approximate surface area is 105 Å². The minimum absolute atomic E-state index is 0.329. The molecule has 0 spiro atoms. The van der Waals surface area contributed by atoms with E-state index in [0.717, 1.165) is 29.0 Å². The first-order valence-electron chi connectivity index (χ1n) is 4.67. The van der Waals surface area contributed by atoms with E-state index < -0.39 is 0 Å². The maximum atomic E-state index is 5.65. The second kappa shape index (κ2) is 4.48. The maximum absolute atomic E-state index is 5.65. The Hall–Kier alpha value is -0.630. The molecule has 0 saturated heterocycles. The number of anilines is 2. The largest absolute Gasteiger partial charge is 0.369 e. The fourth-order valence-electron chi connectivity index (χ4n) is 1.28. The molecular weight excluding hydrogens is 323 g/mol. The van der Waals surface area contributed by atoms with Gasteiger partial charge in [0.15, 0.2) is 0 Å². The standard InChI is InChI=1S/C9H11IN4S/c1-2-3-12-8-7-5(4-6(10)15-7)13-9(11)14-8/h4H,2-3H2,1H3,(H3,11,12,13,14). The summed E-state index contributed by atoms with van der Waals surface area (Å²) in [5.41, 5.74) is 6.57. The number of rotatable bonds is 3. The van der Waals surface area contributed by atoms with E-state index in [2.05, 4.69) is 44.8 Å². The van der Waals surface area contributed by atoms with E-state index in [1.807, 2.05) is 6.07 Å². The summed E-state index contributed by atoms with van der Waals surface area (Å²) in [7, 11) is 0. The highest BCUT2D eigenvalue weighted by Gasteiger charge is 2.08. The van der Waals surface area contributed by atoms with Gasteiger partial charge in [0.05, 0.1) is 13.1 Å². The fraction of sp³-hybridized carbons (Fsp3) is 0.333. The Kier molecular flexibility index (Phi) is 3.25. The molecule has 2 aromatic heterocycles. The third-order valence-electron chi connectivity index (χ3n) is 1.90. The van der Waals surface area contributed by atoms with Crippen molar-refractivity contribution >= 4 is 55.9 Å². The molecule has 0 unspecified atom stereocenters. The van der Waals surface area contributed by atoms with Crippen molar-refractivity contribution in [2.24, 2.45) is 0 Å². The van der Waals surface area contributed by atoms with Crippen molar-refractivity contribution < 1.29 is 0 Å². The lowest BCUT2D eigenvalue weighted by molar-refractivity contribution is 0.971. The minimum atomic E-state index is 0.329. The molecule has 0 bridgehead atoms. The summed E-state index contributed by atoms with van der Waals surface area (Å²) in [4.78, 5) is 8.41. The molecule has 2 rings (SSSR count). The van der Waals surface area contributed by atoms with Crippen LogP contribution in [0.25, 0.3) is 10.2 Å². The van der Waals surface area contributed by atoms with Gasteiger partial charge in [0.1, 0.15) is 5.82 Å². The van der Waals surface area contributed by atoms with Crippen molar-refractivity contribution in [3.8, 4) is 0 Å². The Morgan fingerprint density at radius 1 is 1.53 bits per heavy atom. The maximum Gasteiger partial charge on any atom is 0.222 e. The average Bonchev–Trinajstić information content (AvgIpc) is 2.54. The number of thiophene rings is 1. The summed E-state index contributed by atoms with van der Waals surface area (Å²) in [6.45, 7) is 3.02. The molecular formula is C9H11IN4S. The minimum Gasteiger partial charge on any atom is -0.369 e. The van der Waals surface area contributed by atoms with Gasteiger partial charge in [-0.15, -0.1) is 11.3 Å². The summed E-state index contributed by atoms with van der Waals surface area (Å²) in [5.74, 6) is 1.18. The van der Waals surface area contributed by atoms with Gasteiger partial charge in [0.2, 0.25) is 5.95 Å². The van der Waals surface area contributed by atoms with E-state index in [-0.39, 0.29) is 0 Å². The Morgan fingerprint density at radius 2 is 2.33 bits per heavy atom. The highest BCUT2D eigenvalue weighted by molar-refractivity contribution is 14.1. The van der Waals surface area contributed by atoms with E-state index in [1.165, 1.54) is 2.88 Å². The SMILES string of the molecule is CCCNc1nc(N)nc2cc(I)sc12. The van der Waals surface area contributed by atoms with E-state index in [4.69, 9.17) is 5.73 Å². The Bertz CT molecular complexity index is 482. The molecule has 0 aliphatic rings. The summed E-state index contributed by atoms with van der Waals surface area (Å²) < 4.78 is 2.28. The first kappa shape index (κ1) is 10.9. The molecule has 0 aromatic carbocycles. The molecule has 0 fully saturated rings. The first-order chi connectivity index (χ1) is 7.20. The quantitative estimate of drug-likeness (QED) is 0.847. The molecule has 2 heterocycles. The van der Waals surface area contributed by atoms with Crippen molar-refractivity contribution in [1.82, 2.24) is 9.97 Å². The number of nitrogens with two attached hydrogens (primary N) is 1. The van der Waals surface area contributed by atoms with Crippen molar-refractivity contribution in [3.05, 3.63) is 8.95 Å². The third kappa shape index (κ3) is 2.31. The van der Waals surface area contributed by atoms with Gasteiger partial charge in [-0.05, 0) is 35.1 Å². The number of nitrogens with zero attached hydrogens (tertiary/aromatic N) is 2. The number of halogens is 1. The highest BCUT2D eigenvalue weighted by atomic mass is 127. The first-order valence-corrected chi connectivity index (χ1v) is 6.56. The van der Waals surface area contributed by atoms with Crippen LogP contribution in [0.1, 0.15) is 13.3 Å². The summed E-state index contributed by atoms with van der Waals surface area (Å²) in [6.07, 6.45) is 1.06.